The third kappa shape index (κ3) is 21.9. The normalized spacial score (nSPS) is 11.4. The summed E-state index contributed by atoms with van der Waals surface area (Å²) in [7, 11) is -12.5. The monoisotopic (exact) mass is 1010 g/mol. The summed E-state index contributed by atoms with van der Waals surface area (Å²) in [6.07, 6.45) is -0.159. The minimum atomic E-state index is -4.72. The second-order valence-corrected chi connectivity index (χ2v) is 17.0. The van der Waals surface area contributed by atoms with E-state index in [1.807, 2.05) is 0 Å². The largest absolute Gasteiger partial charge is 1.00 e. The summed E-state index contributed by atoms with van der Waals surface area (Å²) in [6, 6.07) is 20.4. The molecule has 0 spiro atoms. The zero-order chi connectivity index (χ0) is 44.0. The summed E-state index contributed by atoms with van der Waals surface area (Å²) in [5, 5.41) is 38.5. The van der Waals surface area contributed by atoms with Crippen LogP contribution in [0.2, 0.25) is 0 Å². The van der Waals surface area contributed by atoms with E-state index < -0.39 is 46.8 Å². The Morgan fingerprint density at radius 3 is 1.68 bits per heavy atom. The van der Waals surface area contributed by atoms with Gasteiger partial charge in [-0.3, -0.25) is 5.04 Å². The average molecular weight is 1010 g/mol. The zero-order valence-corrected chi connectivity index (χ0v) is 46.4. The zero-order valence-electron chi connectivity index (χ0n) is 35.1. The molecular weight excluding hydrogens is 981 g/mol. The first-order chi connectivity index (χ1) is 29.0. The molecule has 4 aromatic carbocycles. The van der Waals surface area contributed by atoms with Gasteiger partial charge in [0.1, 0.15) is 21.6 Å². The number of hydrogen-bond acceptors (Lipinski definition) is 25. The Labute approximate surface area is 465 Å². The van der Waals surface area contributed by atoms with Crippen LogP contribution in [0.5, 0.6) is 11.5 Å². The topological polar surface area (TPSA) is 356 Å². The van der Waals surface area contributed by atoms with Crippen LogP contribution >= 0.6 is 12.0 Å². The van der Waals surface area contributed by atoms with Crippen LogP contribution in [-0.2, 0) is 39.7 Å². The Kier molecular flexibility index (Phi) is 27.4. The second-order valence-electron chi connectivity index (χ2n) is 11.8. The van der Waals surface area contributed by atoms with Crippen molar-refractivity contribution in [3.8, 4) is 11.5 Å². The van der Waals surface area contributed by atoms with Crippen molar-refractivity contribution in [2.24, 2.45) is 20.5 Å². The van der Waals surface area contributed by atoms with Gasteiger partial charge in [0.25, 0.3) is 0 Å². The maximum Gasteiger partial charge on any atom is 1.00 e. The van der Waals surface area contributed by atoms with Gasteiger partial charge < -0.3 is 44.3 Å². The fourth-order valence-corrected chi connectivity index (χ4v) is 6.48. The molecule has 0 unspecified atom stereocenters. The molecule has 0 saturated heterocycles. The molecule has 0 aliphatic carbocycles. The Morgan fingerprint density at radius 2 is 1.14 bits per heavy atom. The van der Waals surface area contributed by atoms with Crippen LogP contribution < -0.4 is 149 Å². The Bertz CT molecular complexity index is 2750. The van der Waals surface area contributed by atoms with Crippen LogP contribution in [0.3, 0.4) is 0 Å². The van der Waals surface area contributed by atoms with E-state index >= 15 is 0 Å². The molecule has 0 aliphatic rings. The number of nitrogens with one attached hydrogen (secondary N) is 3. The minimum absolute atomic E-state index is 0. The quantitative estimate of drug-likeness (QED) is 0.0110. The maximum absolute atomic E-state index is 11.4. The number of rotatable bonds is 22. The van der Waals surface area contributed by atoms with Crippen LogP contribution in [0.4, 0.5) is 52.0 Å². The van der Waals surface area contributed by atoms with E-state index in [-0.39, 0.29) is 196 Å². The molecular formula is C33H30N10Na4O14S4. The van der Waals surface area contributed by atoms with Crippen molar-refractivity contribution in [2.75, 3.05) is 47.7 Å². The van der Waals surface area contributed by atoms with Crippen LogP contribution in [0.1, 0.15) is 6.42 Å². The Morgan fingerprint density at radius 1 is 0.631 bits per heavy atom. The van der Waals surface area contributed by atoms with Gasteiger partial charge in [0.2, 0.25) is 17.8 Å². The molecule has 0 radical (unpaired) electrons. The first-order valence-electron chi connectivity index (χ1n) is 16.9. The van der Waals surface area contributed by atoms with E-state index in [2.05, 4.69) is 60.7 Å². The molecule has 1 heterocycles. The van der Waals surface area contributed by atoms with Crippen molar-refractivity contribution >= 4 is 94.4 Å². The number of methoxy groups -OCH3 is 1. The van der Waals surface area contributed by atoms with Crippen molar-refractivity contribution in [1.82, 2.24) is 15.0 Å². The molecule has 32 heteroatoms. The standard InChI is InChI=1S/C33H34N10O14S4.4Na/c1-54-29-19-23(42-41-22-6-3-8-26(18-22)61(51,52)53)9-11-27(29)35-32-37-31(34-13-16-60(48,49)50)38-33(39-32)36-28-12-10-24(20-30(28)55-14-4-15-59(45,46)47)43-40-21-5-2-7-25(17-21)58-57-56-44;;;;/h2-3,5-12,17-20,44H,4,13-16H2,1H3,(H,45,46,47)(H,48,49,50)(H,51,52,53)(H3,34,35,36,37,38,39);;;;/q;4*+1/p-4. The van der Waals surface area contributed by atoms with Gasteiger partial charge in [0.15, 0.2) is 0 Å². The Balaban J connectivity index is 0.00000528. The van der Waals surface area contributed by atoms with E-state index in [1.54, 1.807) is 24.3 Å². The average Bonchev–Trinajstić information content (AvgIpc) is 3.20. The Hall–Kier alpha value is -1.95. The van der Waals surface area contributed by atoms with Crippen LogP contribution in [0, 0.1) is 0 Å². The molecule has 1 aromatic heterocycles. The maximum atomic E-state index is 11.4. The summed E-state index contributed by atoms with van der Waals surface area (Å²) in [5.41, 5.74) is 1.47. The molecule has 0 atom stereocenters. The van der Waals surface area contributed by atoms with Crippen LogP contribution in [0.25, 0.3) is 0 Å². The molecule has 0 saturated carbocycles. The van der Waals surface area contributed by atoms with E-state index in [0.29, 0.717) is 22.6 Å². The van der Waals surface area contributed by atoms with Gasteiger partial charge in [-0.25, -0.2) is 25.3 Å². The van der Waals surface area contributed by atoms with Gasteiger partial charge in [-0.1, -0.05) is 12.1 Å². The van der Waals surface area contributed by atoms with Gasteiger partial charge in [0.05, 0.1) is 90.8 Å². The summed E-state index contributed by atoms with van der Waals surface area (Å²) in [5.74, 6) is -1.69. The summed E-state index contributed by atoms with van der Waals surface area (Å²) < 4.78 is 117. The second kappa shape index (κ2) is 29.2. The molecule has 0 bridgehead atoms. The van der Waals surface area contributed by atoms with E-state index in [4.69, 9.17) is 9.47 Å². The molecule has 65 heavy (non-hydrogen) atoms. The van der Waals surface area contributed by atoms with Gasteiger partial charge in [0, 0.05) is 29.3 Å². The molecule has 5 aromatic rings. The number of aromatic nitrogens is 3. The van der Waals surface area contributed by atoms with Crippen LogP contribution in [-0.4, -0.2) is 85.6 Å². The fraction of sp³-hybridized carbons (Fsp3) is 0.182. The van der Waals surface area contributed by atoms with Crippen molar-refractivity contribution in [1.29, 1.82) is 0 Å². The molecule has 0 fully saturated rings. The van der Waals surface area contributed by atoms with Gasteiger partial charge in [-0.15, -0.1) is 0 Å². The van der Waals surface area contributed by atoms with Crippen molar-refractivity contribution in [2.45, 2.75) is 16.2 Å². The smallest absolute Gasteiger partial charge is 0.748 e. The molecule has 5 rings (SSSR count). The number of hydrogen-bond donors (Lipinski definition) is 3. The third-order valence-corrected chi connectivity index (χ3v) is 10.2. The first kappa shape index (κ1) is 61.1. The number of anilines is 5. The molecule has 0 aliphatic heterocycles. The summed E-state index contributed by atoms with van der Waals surface area (Å²) in [4.78, 5) is 12.9. The number of ether oxygens (including phenoxy) is 2. The van der Waals surface area contributed by atoms with Gasteiger partial charge in [-0.2, -0.15) is 39.7 Å². The minimum Gasteiger partial charge on any atom is -0.748 e. The predicted octanol–water partition coefficient (Wildman–Crippen LogP) is -7.38. The summed E-state index contributed by atoms with van der Waals surface area (Å²) in [6.45, 7) is -0.596. The number of azo groups is 2. The van der Waals surface area contributed by atoms with E-state index in [9.17, 15) is 44.2 Å². The van der Waals surface area contributed by atoms with Gasteiger partial charge in [-0.05, 0) is 67.1 Å². The predicted molar refractivity (Wildman–Crippen MR) is 211 cm³/mol. The SMILES string of the molecule is COc1cc(N=Nc2cccc(S(=O)(=O)[O-])c2)ccc1Nc1nc(NCCS(=O)(=O)[O-])nc(Nc2ccc(N=Nc3cccc(SOO[O-])c3)cc2OCCCS(=O)(=O)[O-])n1.[Na+].[Na+].[Na+].[Na+]. The number of benzene rings is 4. The van der Waals surface area contributed by atoms with E-state index in [1.165, 1.54) is 55.6 Å². The molecule has 24 nitrogen and oxygen atoms in total. The van der Waals surface area contributed by atoms with Crippen molar-refractivity contribution in [3.05, 3.63) is 84.9 Å². The summed E-state index contributed by atoms with van der Waals surface area (Å²) >= 11 is 0.655. The van der Waals surface area contributed by atoms with Crippen molar-refractivity contribution < 1.29 is 181 Å². The van der Waals surface area contributed by atoms with Crippen molar-refractivity contribution in [3.63, 3.8) is 0 Å². The third-order valence-electron chi connectivity index (χ3n) is 7.35. The van der Waals surface area contributed by atoms with Gasteiger partial charge >= 0.3 is 118 Å². The fourth-order valence-electron chi connectivity index (χ4n) is 4.74. The van der Waals surface area contributed by atoms with Crippen LogP contribution in [0.15, 0.2) is 115 Å². The molecule has 3 N–H and O–H groups in total. The molecule has 324 valence electrons. The van der Waals surface area contributed by atoms with E-state index in [0.717, 1.165) is 12.1 Å². The molecule has 0 amide bonds. The first-order valence-corrected chi connectivity index (χ1v) is 22.3. The number of nitrogens with zero attached hydrogens (tertiary/aromatic N) is 7.